The smallest absolute Gasteiger partial charge is 0.303 e. The zero-order chi connectivity index (χ0) is 38.7. The Balaban J connectivity index is 1.81. The Morgan fingerprint density at radius 1 is 1.06 bits per heavy atom. The predicted molar refractivity (Wildman–Crippen MR) is 206 cm³/mol. The molecule has 1 N–H and O–H groups in total. The van der Waals surface area contributed by atoms with Gasteiger partial charge in [0.1, 0.15) is 16.5 Å². The molecule has 10 nitrogen and oxygen atoms in total. The van der Waals surface area contributed by atoms with Crippen LogP contribution in [0.25, 0.3) is 0 Å². The number of likely N-dealkylation sites (N-methyl/N-ethyl adjacent to an activating group) is 1. The summed E-state index contributed by atoms with van der Waals surface area (Å²) in [6, 6.07) is 9.01. The van der Waals surface area contributed by atoms with E-state index >= 15 is 0 Å². The van der Waals surface area contributed by atoms with Crippen molar-refractivity contribution in [2.24, 2.45) is 29.6 Å². The molecule has 0 bridgehead atoms. The maximum absolute atomic E-state index is 14.3. The molecular formula is C41H62N4O6S. The highest BCUT2D eigenvalue weighted by atomic mass is 32.1. The number of Topliss-reactive ketones (excluding diaryl/α,β-unsaturated/α-hetero) is 2. The van der Waals surface area contributed by atoms with Crippen LogP contribution < -0.4 is 5.32 Å². The molecule has 0 radical (unpaired) electrons. The molecule has 11 heteroatoms. The van der Waals surface area contributed by atoms with Crippen LogP contribution in [0, 0.1) is 29.6 Å². The number of aromatic nitrogens is 1. The number of carbonyl (C=O) groups excluding carboxylic acids is 5. The minimum Gasteiger partial charge on any atom is -0.455 e. The van der Waals surface area contributed by atoms with Crippen LogP contribution in [0.15, 0.2) is 35.7 Å². The molecule has 2 heterocycles. The quantitative estimate of drug-likeness (QED) is 0.154. The van der Waals surface area contributed by atoms with Crippen molar-refractivity contribution >= 4 is 40.7 Å². The van der Waals surface area contributed by atoms with E-state index in [-0.39, 0.29) is 77.8 Å². The molecule has 0 spiro atoms. The number of carbonyl (C=O) groups is 5. The summed E-state index contributed by atoms with van der Waals surface area (Å²) in [5, 5.41) is 5.21. The fourth-order valence-corrected chi connectivity index (χ4v) is 8.05. The van der Waals surface area contributed by atoms with Gasteiger partial charge in [0.2, 0.25) is 5.91 Å². The van der Waals surface area contributed by atoms with Crippen molar-refractivity contribution in [2.45, 2.75) is 125 Å². The third kappa shape index (κ3) is 12.3. The minimum absolute atomic E-state index is 0.00429. The summed E-state index contributed by atoms with van der Waals surface area (Å²) in [5.74, 6) is -0.982. The van der Waals surface area contributed by atoms with E-state index in [2.05, 4.69) is 22.1 Å². The molecule has 0 unspecified atom stereocenters. The van der Waals surface area contributed by atoms with Gasteiger partial charge in [-0.25, -0.2) is 4.98 Å². The number of esters is 1. The van der Waals surface area contributed by atoms with Crippen LogP contribution in [-0.2, 0) is 30.3 Å². The van der Waals surface area contributed by atoms with Gasteiger partial charge in [0, 0.05) is 56.1 Å². The van der Waals surface area contributed by atoms with E-state index in [4.69, 9.17) is 4.74 Å². The number of ether oxygens (including phenoxy) is 1. The van der Waals surface area contributed by atoms with Gasteiger partial charge in [0.05, 0.1) is 6.04 Å². The van der Waals surface area contributed by atoms with Crippen LogP contribution in [0.4, 0.5) is 0 Å². The Labute approximate surface area is 315 Å². The number of piperidine rings is 1. The van der Waals surface area contributed by atoms with E-state index in [1.165, 1.54) is 18.3 Å². The molecule has 3 rings (SSSR count). The van der Waals surface area contributed by atoms with Crippen molar-refractivity contribution in [1.29, 1.82) is 0 Å². The predicted octanol–water partition coefficient (Wildman–Crippen LogP) is 6.93. The Morgan fingerprint density at radius 2 is 1.73 bits per heavy atom. The Bertz CT molecular complexity index is 1490. The number of nitrogens with one attached hydrogen (secondary N) is 1. The van der Waals surface area contributed by atoms with Crippen molar-refractivity contribution in [3.63, 3.8) is 0 Å². The summed E-state index contributed by atoms with van der Waals surface area (Å²) in [4.78, 5) is 74.5. The lowest BCUT2D eigenvalue weighted by Gasteiger charge is -2.38. The van der Waals surface area contributed by atoms with Gasteiger partial charge in [0.15, 0.2) is 11.9 Å². The van der Waals surface area contributed by atoms with Gasteiger partial charge < -0.3 is 15.0 Å². The lowest BCUT2D eigenvalue weighted by atomic mass is 9.81. The number of likely N-dealkylation sites (tertiary alicyclic amines) is 1. The average molecular weight is 739 g/mol. The molecular weight excluding hydrogens is 677 g/mol. The van der Waals surface area contributed by atoms with Crippen molar-refractivity contribution in [3.05, 3.63) is 52.0 Å². The summed E-state index contributed by atoms with van der Waals surface area (Å²) in [7, 11) is 3.78. The summed E-state index contributed by atoms with van der Waals surface area (Å²) in [6.45, 7) is 16.0. The number of nitrogens with zero attached hydrogens (tertiary/aromatic N) is 3. The molecule has 1 aromatic carbocycles. The second-order valence-electron chi connectivity index (χ2n) is 15.6. The van der Waals surface area contributed by atoms with Gasteiger partial charge in [-0.2, -0.15) is 0 Å². The van der Waals surface area contributed by atoms with Crippen LogP contribution in [0.5, 0.6) is 0 Å². The van der Waals surface area contributed by atoms with Gasteiger partial charge in [-0.15, -0.1) is 11.3 Å². The Hall–Kier alpha value is -3.44. The lowest BCUT2D eigenvalue weighted by Crippen LogP contribution is -2.48. The second-order valence-corrected chi connectivity index (χ2v) is 16.5. The maximum atomic E-state index is 14.3. The summed E-state index contributed by atoms with van der Waals surface area (Å²) in [5.41, 5.74) is 1.25. The zero-order valence-electron chi connectivity index (χ0n) is 33.0. The van der Waals surface area contributed by atoms with E-state index < -0.39 is 18.0 Å². The minimum atomic E-state index is -0.786. The van der Waals surface area contributed by atoms with E-state index in [0.29, 0.717) is 23.8 Å². The first-order valence-corrected chi connectivity index (χ1v) is 19.9. The highest BCUT2D eigenvalue weighted by molar-refractivity contribution is 7.09. The van der Waals surface area contributed by atoms with Gasteiger partial charge in [-0.3, -0.25) is 28.9 Å². The molecule has 1 aromatic heterocycles. The van der Waals surface area contributed by atoms with Gasteiger partial charge in [0.25, 0.3) is 5.91 Å². The molecule has 0 saturated carbocycles. The number of hydrogen-bond acceptors (Lipinski definition) is 9. The first-order chi connectivity index (χ1) is 24.5. The molecule has 2 amide bonds. The summed E-state index contributed by atoms with van der Waals surface area (Å²) in [6.07, 6.45) is 3.38. The monoisotopic (exact) mass is 738 g/mol. The average Bonchev–Trinajstić information content (AvgIpc) is 3.59. The molecule has 8 atom stereocenters. The van der Waals surface area contributed by atoms with Crippen LogP contribution in [0.2, 0.25) is 0 Å². The van der Waals surface area contributed by atoms with E-state index in [1.807, 2.05) is 72.0 Å². The third-order valence-corrected chi connectivity index (χ3v) is 11.9. The van der Waals surface area contributed by atoms with E-state index in [9.17, 15) is 24.0 Å². The topological polar surface area (TPSA) is 126 Å². The van der Waals surface area contributed by atoms with Gasteiger partial charge in [-0.1, -0.05) is 78.3 Å². The van der Waals surface area contributed by atoms with Gasteiger partial charge >= 0.3 is 5.97 Å². The molecule has 52 heavy (non-hydrogen) atoms. The highest BCUT2D eigenvalue weighted by Gasteiger charge is 2.38. The first-order valence-electron chi connectivity index (χ1n) is 19.0. The number of amides is 2. The van der Waals surface area contributed by atoms with Crippen LogP contribution in [0.1, 0.15) is 121 Å². The molecule has 0 aliphatic carbocycles. The third-order valence-electron chi connectivity index (χ3n) is 11.0. The molecule has 1 saturated heterocycles. The molecule has 288 valence electrons. The van der Waals surface area contributed by atoms with E-state index in [1.54, 1.807) is 24.3 Å². The Morgan fingerprint density at radius 3 is 2.33 bits per heavy atom. The van der Waals surface area contributed by atoms with Crippen LogP contribution in [0.3, 0.4) is 0 Å². The van der Waals surface area contributed by atoms with Crippen molar-refractivity contribution in [3.8, 4) is 0 Å². The fraction of sp³-hybridized carbons (Fsp3) is 0.659. The number of benzene rings is 1. The first kappa shape index (κ1) is 43.0. The zero-order valence-corrected chi connectivity index (χ0v) is 33.8. The Kier molecular flexibility index (Phi) is 16.6. The normalized spacial score (nSPS) is 19.9. The van der Waals surface area contributed by atoms with Crippen LogP contribution in [-0.4, -0.2) is 82.9 Å². The molecule has 1 aliphatic rings. The summed E-state index contributed by atoms with van der Waals surface area (Å²) >= 11 is 1.23. The standard InChI is InChI=1S/C41H62N4O6S/c1-11-27(5)33(22-37(48)36-19-26(4)17-18-44(36)9)41(50)45(10)35(25(2)3)23-38(51-30(8)47)40-43-34(24-52-40)39(49)42-32(20-28(6)29(7)46)21-31-15-13-12-14-16-31/h12-16,24-28,32-33,35-36,38H,11,17-23H2,1-10H3,(H,42,49)/t26-,27+,28+,32-,33+,35-,36-,38-/m1/s1. The second kappa shape index (κ2) is 20.1. The SMILES string of the molecule is CC[C@H](C)[C@H](CC(=O)[C@H]1C[C@H](C)CCN1C)C(=O)N(C)[C@H](C[C@@H](OC(C)=O)c1nc(C(=O)N[C@@H](Cc2ccccc2)C[C@H](C)C(C)=O)cs1)C(C)C. The summed E-state index contributed by atoms with van der Waals surface area (Å²) < 4.78 is 5.82. The molecule has 2 aromatic rings. The number of thiazole rings is 1. The highest BCUT2D eigenvalue weighted by Crippen LogP contribution is 2.33. The maximum Gasteiger partial charge on any atom is 0.303 e. The van der Waals surface area contributed by atoms with Crippen molar-refractivity contribution in [2.75, 3.05) is 20.6 Å². The van der Waals surface area contributed by atoms with Crippen LogP contribution >= 0.6 is 11.3 Å². The number of ketones is 2. The largest absolute Gasteiger partial charge is 0.455 e. The van der Waals surface area contributed by atoms with E-state index in [0.717, 1.165) is 31.4 Å². The molecule has 1 fully saturated rings. The van der Waals surface area contributed by atoms with Crippen molar-refractivity contribution < 1.29 is 28.7 Å². The van der Waals surface area contributed by atoms with Crippen molar-refractivity contribution in [1.82, 2.24) is 20.1 Å². The van der Waals surface area contributed by atoms with Gasteiger partial charge in [-0.05, 0) is 69.5 Å². The number of rotatable bonds is 19. The molecule has 1 aliphatic heterocycles. The number of hydrogen-bond donors (Lipinski definition) is 1. The fourth-order valence-electron chi connectivity index (χ4n) is 7.21. The lowest BCUT2D eigenvalue weighted by molar-refractivity contribution is -0.149.